The van der Waals surface area contributed by atoms with Crippen LogP contribution in [0.3, 0.4) is 0 Å². The van der Waals surface area contributed by atoms with Gasteiger partial charge in [-0.1, -0.05) is 24.3 Å². The van der Waals surface area contributed by atoms with E-state index >= 15 is 0 Å². The number of carbonyl (C=O) groups excluding carboxylic acids is 1. The van der Waals surface area contributed by atoms with Crippen LogP contribution in [0.4, 0.5) is 5.69 Å². The molecule has 1 amide bonds. The van der Waals surface area contributed by atoms with Crippen LogP contribution in [0.5, 0.6) is 0 Å². The van der Waals surface area contributed by atoms with E-state index in [9.17, 15) is 13.2 Å². The lowest BCUT2D eigenvalue weighted by atomic mass is 9.71. The van der Waals surface area contributed by atoms with Crippen LogP contribution in [0.25, 0.3) is 11.1 Å². The van der Waals surface area contributed by atoms with Gasteiger partial charge in [0.2, 0.25) is 10.0 Å². The number of nitrogens with zero attached hydrogens (tertiary/aromatic N) is 2. The van der Waals surface area contributed by atoms with Crippen molar-refractivity contribution in [2.24, 2.45) is 0 Å². The molecule has 0 bridgehead atoms. The molecule has 2 saturated carbocycles. The minimum atomic E-state index is -3.35. The van der Waals surface area contributed by atoms with E-state index in [4.69, 9.17) is 5.26 Å². The monoisotopic (exact) mass is 472 g/mol. The Morgan fingerprint density at radius 3 is 2.29 bits per heavy atom. The molecule has 2 aliphatic rings. The van der Waals surface area contributed by atoms with Gasteiger partial charge in [0, 0.05) is 17.3 Å². The number of pyridine rings is 1. The predicted molar refractivity (Wildman–Crippen MR) is 129 cm³/mol. The van der Waals surface area contributed by atoms with E-state index < -0.39 is 15.6 Å². The average Bonchev–Trinajstić information content (AvgIpc) is 3.68. The molecule has 5 rings (SSSR count). The van der Waals surface area contributed by atoms with E-state index in [2.05, 4.69) is 21.1 Å². The number of benzene rings is 2. The van der Waals surface area contributed by atoms with E-state index in [0.717, 1.165) is 36.0 Å². The summed E-state index contributed by atoms with van der Waals surface area (Å²) in [6.07, 6.45) is 7.36. The number of carbonyl (C=O) groups is 1. The van der Waals surface area contributed by atoms with Crippen LogP contribution in [0, 0.1) is 11.3 Å². The second-order valence-corrected chi connectivity index (χ2v) is 10.9. The Morgan fingerprint density at radius 1 is 1.00 bits per heavy atom. The lowest BCUT2D eigenvalue weighted by molar-refractivity contribution is 0.0823. The summed E-state index contributed by atoms with van der Waals surface area (Å²) in [5.74, 6) is -0.159. The van der Waals surface area contributed by atoms with E-state index in [1.54, 1.807) is 36.5 Å². The van der Waals surface area contributed by atoms with Crippen molar-refractivity contribution in [1.82, 2.24) is 10.3 Å². The fourth-order valence-corrected chi connectivity index (χ4v) is 5.63. The summed E-state index contributed by atoms with van der Waals surface area (Å²) >= 11 is 0. The Hall–Kier alpha value is -3.70. The minimum Gasteiger partial charge on any atom is -0.343 e. The molecule has 1 heterocycles. The molecular formula is C26H24N4O3S. The van der Waals surface area contributed by atoms with Crippen LogP contribution in [0.15, 0.2) is 67.0 Å². The van der Waals surface area contributed by atoms with Gasteiger partial charge < -0.3 is 5.32 Å². The molecule has 1 aromatic heterocycles. The lowest BCUT2D eigenvalue weighted by Crippen LogP contribution is -2.50. The molecule has 2 N–H and O–H groups in total. The largest absolute Gasteiger partial charge is 0.343 e. The first kappa shape index (κ1) is 22.1. The molecule has 3 aromatic rings. The zero-order chi connectivity index (χ0) is 23.8. The Kier molecular flexibility index (Phi) is 5.58. The van der Waals surface area contributed by atoms with Crippen molar-refractivity contribution in [3.05, 3.63) is 83.7 Å². The van der Waals surface area contributed by atoms with Gasteiger partial charge in [-0.25, -0.2) is 8.42 Å². The molecule has 7 nitrogen and oxygen atoms in total. The van der Waals surface area contributed by atoms with E-state index in [1.807, 2.05) is 24.3 Å². The number of rotatable bonds is 7. The third-order valence-corrected chi connectivity index (χ3v) is 8.44. The van der Waals surface area contributed by atoms with Gasteiger partial charge in [0.1, 0.15) is 0 Å². The van der Waals surface area contributed by atoms with E-state index in [0.29, 0.717) is 29.7 Å². The molecule has 0 radical (unpaired) electrons. The highest BCUT2D eigenvalue weighted by molar-refractivity contribution is 7.93. The van der Waals surface area contributed by atoms with Crippen molar-refractivity contribution in [1.29, 1.82) is 5.26 Å². The van der Waals surface area contributed by atoms with Crippen molar-refractivity contribution < 1.29 is 13.2 Å². The van der Waals surface area contributed by atoms with Crippen LogP contribution in [-0.2, 0) is 15.6 Å². The first-order valence-corrected chi connectivity index (χ1v) is 12.8. The van der Waals surface area contributed by atoms with Gasteiger partial charge in [0.25, 0.3) is 5.91 Å². The number of anilines is 1. The second kappa shape index (κ2) is 8.58. The number of aromatic nitrogens is 1. The molecule has 34 heavy (non-hydrogen) atoms. The third kappa shape index (κ3) is 4.39. The topological polar surface area (TPSA) is 112 Å². The quantitative estimate of drug-likeness (QED) is 0.531. The minimum absolute atomic E-state index is 0.159. The highest BCUT2D eigenvalue weighted by Gasteiger charge is 2.40. The summed E-state index contributed by atoms with van der Waals surface area (Å²) in [5, 5.41) is 11.9. The number of sulfonamides is 1. The maximum Gasteiger partial charge on any atom is 0.251 e. The van der Waals surface area contributed by atoms with Crippen molar-refractivity contribution in [3.63, 3.8) is 0 Å². The zero-order valence-electron chi connectivity index (χ0n) is 18.5. The molecule has 2 fully saturated rings. The van der Waals surface area contributed by atoms with Crippen LogP contribution in [0.1, 0.15) is 53.6 Å². The number of amides is 1. The Balaban J connectivity index is 1.33. The predicted octanol–water partition coefficient (Wildman–Crippen LogP) is 4.33. The smallest absolute Gasteiger partial charge is 0.251 e. The summed E-state index contributed by atoms with van der Waals surface area (Å²) in [7, 11) is -3.35. The molecule has 0 saturated heterocycles. The van der Waals surface area contributed by atoms with Gasteiger partial charge >= 0.3 is 0 Å². The Bertz CT molecular complexity index is 1370. The second-order valence-electron chi connectivity index (χ2n) is 8.97. The Morgan fingerprint density at radius 2 is 1.71 bits per heavy atom. The van der Waals surface area contributed by atoms with Gasteiger partial charge in [-0.3, -0.25) is 14.5 Å². The van der Waals surface area contributed by atoms with Crippen LogP contribution >= 0.6 is 0 Å². The molecule has 0 aliphatic heterocycles. The number of nitrogens with one attached hydrogen (secondary N) is 2. The summed E-state index contributed by atoms with van der Waals surface area (Å²) in [6, 6.07) is 18.4. The standard InChI is InChI=1S/C26H24N4O3S/c27-15-18-2-4-20(5-3-18)25(31)29-26(12-1-13-26)22-8-6-19(7-9-22)21-14-23(17-28-16-21)30-34(32,33)24-10-11-24/h2-9,14,16-17,24,30H,1,10-13H2,(H,29,31). The summed E-state index contributed by atoms with van der Waals surface area (Å²) in [5.41, 5.74) is 3.84. The fourth-order valence-electron chi connectivity index (χ4n) is 4.26. The molecule has 0 spiro atoms. The van der Waals surface area contributed by atoms with Gasteiger partial charge in [0.05, 0.1) is 34.3 Å². The lowest BCUT2D eigenvalue weighted by Gasteiger charge is -2.43. The van der Waals surface area contributed by atoms with Gasteiger partial charge in [-0.15, -0.1) is 0 Å². The first-order valence-electron chi connectivity index (χ1n) is 11.3. The summed E-state index contributed by atoms with van der Waals surface area (Å²) in [4.78, 5) is 17.1. The van der Waals surface area contributed by atoms with Crippen molar-refractivity contribution in [3.8, 4) is 17.2 Å². The highest BCUT2D eigenvalue weighted by atomic mass is 32.2. The SMILES string of the molecule is N#Cc1ccc(C(=O)NC2(c3ccc(-c4cncc(NS(=O)(=O)C5CC5)c4)cc3)CCC2)cc1. The molecule has 0 unspecified atom stereocenters. The maximum absolute atomic E-state index is 12.9. The van der Waals surface area contributed by atoms with Gasteiger partial charge in [-0.2, -0.15) is 5.26 Å². The highest BCUT2D eigenvalue weighted by Crippen LogP contribution is 2.42. The first-order chi connectivity index (χ1) is 16.4. The fraction of sp³-hybridized carbons (Fsp3) is 0.269. The zero-order valence-corrected chi connectivity index (χ0v) is 19.3. The van der Waals surface area contributed by atoms with E-state index in [1.165, 1.54) is 6.20 Å². The summed E-state index contributed by atoms with van der Waals surface area (Å²) < 4.78 is 27.1. The van der Waals surface area contributed by atoms with Crippen LogP contribution < -0.4 is 10.0 Å². The molecule has 2 aliphatic carbocycles. The number of hydrogen-bond donors (Lipinski definition) is 2. The molecule has 0 atom stereocenters. The molecule has 172 valence electrons. The molecule has 2 aromatic carbocycles. The number of hydrogen-bond acceptors (Lipinski definition) is 5. The van der Waals surface area contributed by atoms with Crippen LogP contribution in [-0.4, -0.2) is 24.6 Å². The van der Waals surface area contributed by atoms with Crippen molar-refractivity contribution >= 4 is 21.6 Å². The summed E-state index contributed by atoms with van der Waals surface area (Å²) in [6.45, 7) is 0. The third-order valence-electron chi connectivity index (χ3n) is 6.57. The molecular weight excluding hydrogens is 448 g/mol. The maximum atomic E-state index is 12.9. The van der Waals surface area contributed by atoms with Gasteiger partial charge in [0.15, 0.2) is 0 Å². The molecule has 8 heteroatoms. The Labute approximate surface area is 198 Å². The normalized spacial score (nSPS) is 16.7. The average molecular weight is 473 g/mol. The number of nitriles is 1. The van der Waals surface area contributed by atoms with Crippen LogP contribution in [0.2, 0.25) is 0 Å². The van der Waals surface area contributed by atoms with Crippen molar-refractivity contribution in [2.75, 3.05) is 4.72 Å². The van der Waals surface area contributed by atoms with E-state index in [-0.39, 0.29) is 11.2 Å². The van der Waals surface area contributed by atoms with Gasteiger partial charge in [-0.05, 0) is 73.6 Å². The van der Waals surface area contributed by atoms with Crippen molar-refractivity contribution in [2.45, 2.75) is 42.9 Å².